The number of allylic oxidation sites excluding steroid dienone is 1. The van der Waals surface area contributed by atoms with Gasteiger partial charge in [0, 0.05) is 13.0 Å². The maximum absolute atomic E-state index is 11.3. The quantitative estimate of drug-likeness (QED) is 0.734. The van der Waals surface area contributed by atoms with E-state index in [1.807, 2.05) is 0 Å². The fraction of sp³-hybridized carbons (Fsp3) is 0.750. The topological polar surface area (TPSA) is 41.1 Å². The molecule has 0 aromatic carbocycles. The Morgan fingerprint density at radius 1 is 1.47 bits per heavy atom. The molecule has 1 atom stereocenters. The first kappa shape index (κ1) is 19.1. The first-order chi connectivity index (χ1) is 7.33. The van der Waals surface area contributed by atoms with Crippen LogP contribution in [0.25, 0.3) is 0 Å². The van der Waals surface area contributed by atoms with E-state index in [2.05, 4.69) is 17.2 Å². The number of rotatable bonds is 6. The van der Waals surface area contributed by atoms with E-state index in [0.29, 0.717) is 6.42 Å². The number of amides is 1. The summed E-state index contributed by atoms with van der Waals surface area (Å²) in [5, 5.41) is 6.33. The molecule has 1 rings (SSSR count). The molecule has 3 nitrogen and oxygen atoms in total. The van der Waals surface area contributed by atoms with Crippen molar-refractivity contribution in [2.24, 2.45) is 5.92 Å². The molecule has 0 bridgehead atoms. The van der Waals surface area contributed by atoms with Crippen molar-refractivity contribution in [1.82, 2.24) is 10.6 Å². The highest BCUT2D eigenvalue weighted by atomic mass is 35.5. The van der Waals surface area contributed by atoms with E-state index in [0.717, 1.165) is 38.4 Å². The first-order valence-corrected chi connectivity index (χ1v) is 5.91. The van der Waals surface area contributed by atoms with Crippen molar-refractivity contribution in [2.75, 3.05) is 19.6 Å². The van der Waals surface area contributed by atoms with Crippen LogP contribution >= 0.6 is 24.8 Å². The lowest BCUT2D eigenvalue weighted by atomic mass is 9.96. The highest BCUT2D eigenvalue weighted by molar-refractivity contribution is 5.85. The number of carbonyl (C=O) groups excluding carboxylic acids is 1. The Bertz CT molecular complexity index is 207. The highest BCUT2D eigenvalue weighted by Gasteiger charge is 2.12. The van der Waals surface area contributed by atoms with Gasteiger partial charge in [-0.05, 0) is 44.7 Å². The van der Waals surface area contributed by atoms with E-state index in [1.165, 1.54) is 12.8 Å². The molecule has 1 amide bonds. The number of nitrogens with one attached hydrogen (secondary N) is 2. The summed E-state index contributed by atoms with van der Waals surface area (Å²) in [7, 11) is 0. The van der Waals surface area contributed by atoms with Crippen molar-refractivity contribution in [3.05, 3.63) is 12.7 Å². The maximum Gasteiger partial charge on any atom is 0.220 e. The van der Waals surface area contributed by atoms with E-state index < -0.39 is 0 Å². The van der Waals surface area contributed by atoms with Gasteiger partial charge >= 0.3 is 0 Å². The predicted octanol–water partition coefficient (Wildman–Crippen LogP) is 2.30. The summed E-state index contributed by atoms with van der Waals surface area (Å²) in [6.45, 7) is 6.69. The minimum atomic E-state index is 0. The minimum absolute atomic E-state index is 0. The number of halogens is 2. The van der Waals surface area contributed by atoms with Crippen molar-refractivity contribution >= 4 is 30.7 Å². The van der Waals surface area contributed by atoms with Gasteiger partial charge in [-0.15, -0.1) is 31.4 Å². The van der Waals surface area contributed by atoms with Crippen LogP contribution in [0.2, 0.25) is 0 Å². The van der Waals surface area contributed by atoms with Crippen LogP contribution in [0.4, 0.5) is 0 Å². The molecule has 1 aliphatic heterocycles. The minimum Gasteiger partial charge on any atom is -0.356 e. The zero-order valence-electron chi connectivity index (χ0n) is 10.2. The van der Waals surface area contributed by atoms with E-state index in [4.69, 9.17) is 0 Å². The Labute approximate surface area is 117 Å². The second-order valence-corrected chi connectivity index (χ2v) is 4.18. The molecular formula is C12H24Cl2N2O. The Kier molecular flexibility index (Phi) is 13.7. The third kappa shape index (κ3) is 9.45. The lowest BCUT2D eigenvalue weighted by Crippen LogP contribution is -2.33. The molecule has 102 valence electrons. The van der Waals surface area contributed by atoms with Crippen molar-refractivity contribution in [2.45, 2.75) is 32.1 Å². The lowest BCUT2D eigenvalue weighted by Gasteiger charge is -2.22. The zero-order valence-corrected chi connectivity index (χ0v) is 11.9. The van der Waals surface area contributed by atoms with Gasteiger partial charge in [0.25, 0.3) is 0 Å². The van der Waals surface area contributed by atoms with E-state index in [1.54, 1.807) is 6.08 Å². The Morgan fingerprint density at radius 3 is 2.82 bits per heavy atom. The predicted molar refractivity (Wildman–Crippen MR) is 77.1 cm³/mol. The van der Waals surface area contributed by atoms with Crippen LogP contribution < -0.4 is 10.6 Å². The van der Waals surface area contributed by atoms with Gasteiger partial charge < -0.3 is 10.6 Å². The molecule has 1 saturated heterocycles. The second kappa shape index (κ2) is 12.2. The third-order valence-electron chi connectivity index (χ3n) is 2.85. The van der Waals surface area contributed by atoms with E-state index in [-0.39, 0.29) is 30.7 Å². The summed E-state index contributed by atoms with van der Waals surface area (Å²) in [4.78, 5) is 11.3. The van der Waals surface area contributed by atoms with Gasteiger partial charge in [0.2, 0.25) is 5.91 Å². The summed E-state index contributed by atoms with van der Waals surface area (Å²) >= 11 is 0. The van der Waals surface area contributed by atoms with Gasteiger partial charge in [0.05, 0.1) is 0 Å². The molecule has 1 aliphatic rings. The number of hydrogen-bond acceptors (Lipinski definition) is 2. The van der Waals surface area contributed by atoms with Crippen LogP contribution in [0, 0.1) is 5.92 Å². The molecule has 0 aromatic heterocycles. The summed E-state index contributed by atoms with van der Waals surface area (Å²) in [6, 6.07) is 0. The second-order valence-electron chi connectivity index (χ2n) is 4.18. The van der Waals surface area contributed by atoms with Crippen LogP contribution in [0.15, 0.2) is 12.7 Å². The molecule has 1 unspecified atom stereocenters. The highest BCUT2D eigenvalue weighted by Crippen LogP contribution is 2.12. The van der Waals surface area contributed by atoms with Crippen LogP contribution in [0.1, 0.15) is 32.1 Å². The summed E-state index contributed by atoms with van der Waals surface area (Å²) in [5.74, 6) is 0.900. The van der Waals surface area contributed by atoms with Gasteiger partial charge in [0.1, 0.15) is 0 Å². The molecule has 5 heteroatoms. The molecule has 0 spiro atoms. The molecule has 0 aliphatic carbocycles. The number of piperidine rings is 1. The Balaban J connectivity index is 0. The average molecular weight is 283 g/mol. The number of hydrogen-bond donors (Lipinski definition) is 2. The molecule has 0 aromatic rings. The molecule has 1 heterocycles. The van der Waals surface area contributed by atoms with Crippen LogP contribution in [-0.2, 0) is 4.79 Å². The summed E-state index contributed by atoms with van der Waals surface area (Å²) in [6.07, 6.45) is 6.81. The Morgan fingerprint density at radius 2 is 2.24 bits per heavy atom. The van der Waals surface area contributed by atoms with Crippen LogP contribution in [0.3, 0.4) is 0 Å². The summed E-state index contributed by atoms with van der Waals surface area (Å²) < 4.78 is 0. The third-order valence-corrected chi connectivity index (χ3v) is 2.85. The fourth-order valence-corrected chi connectivity index (χ4v) is 1.91. The smallest absolute Gasteiger partial charge is 0.220 e. The summed E-state index contributed by atoms with van der Waals surface area (Å²) in [5.41, 5.74) is 0. The molecule has 0 saturated carbocycles. The Hall–Kier alpha value is -0.250. The largest absolute Gasteiger partial charge is 0.356 e. The molecule has 0 radical (unpaired) electrons. The van der Waals surface area contributed by atoms with Crippen molar-refractivity contribution in [3.8, 4) is 0 Å². The first-order valence-electron chi connectivity index (χ1n) is 5.91. The fourth-order valence-electron chi connectivity index (χ4n) is 1.91. The van der Waals surface area contributed by atoms with Crippen LogP contribution in [-0.4, -0.2) is 25.5 Å². The average Bonchev–Trinajstić information content (AvgIpc) is 2.28. The SMILES string of the molecule is C=CCCC(=O)NCCC1CCCNC1.Cl.Cl. The van der Waals surface area contributed by atoms with E-state index >= 15 is 0 Å². The van der Waals surface area contributed by atoms with Crippen molar-refractivity contribution in [1.29, 1.82) is 0 Å². The van der Waals surface area contributed by atoms with Gasteiger partial charge in [-0.2, -0.15) is 0 Å². The van der Waals surface area contributed by atoms with Crippen LogP contribution in [0.5, 0.6) is 0 Å². The van der Waals surface area contributed by atoms with Gasteiger partial charge in [-0.25, -0.2) is 0 Å². The van der Waals surface area contributed by atoms with E-state index in [9.17, 15) is 4.79 Å². The molecule has 2 N–H and O–H groups in total. The zero-order chi connectivity index (χ0) is 10.9. The monoisotopic (exact) mass is 282 g/mol. The van der Waals surface area contributed by atoms with Gasteiger partial charge in [0.15, 0.2) is 0 Å². The maximum atomic E-state index is 11.3. The molecular weight excluding hydrogens is 259 g/mol. The molecule has 1 fully saturated rings. The lowest BCUT2D eigenvalue weighted by molar-refractivity contribution is -0.121. The normalized spacial score (nSPS) is 18.5. The molecule has 17 heavy (non-hydrogen) atoms. The number of carbonyl (C=O) groups is 1. The van der Waals surface area contributed by atoms with Gasteiger partial charge in [-0.3, -0.25) is 4.79 Å². The van der Waals surface area contributed by atoms with Gasteiger partial charge in [-0.1, -0.05) is 6.08 Å². The standard InChI is InChI=1S/C12H22N2O.2ClH/c1-2-3-6-12(15)14-9-7-11-5-4-8-13-10-11;;/h2,11,13H,1,3-10H2,(H,14,15);2*1H. The van der Waals surface area contributed by atoms with Crippen molar-refractivity contribution < 1.29 is 4.79 Å². The van der Waals surface area contributed by atoms with Crippen molar-refractivity contribution in [3.63, 3.8) is 0 Å².